The lowest BCUT2D eigenvalue weighted by atomic mass is 9.96. The Morgan fingerprint density at radius 3 is 2.75 bits per heavy atom. The number of nitrogens with one attached hydrogen (secondary N) is 1. The third kappa shape index (κ3) is 4.62. The maximum absolute atomic E-state index is 4.18. The van der Waals surface area contributed by atoms with Gasteiger partial charge in [0, 0.05) is 17.1 Å². The van der Waals surface area contributed by atoms with Crippen LogP contribution in [0.3, 0.4) is 0 Å². The number of hydrogen-bond acceptors (Lipinski definition) is 3. The van der Waals surface area contributed by atoms with Crippen molar-refractivity contribution in [3.05, 3.63) is 16.6 Å². The van der Waals surface area contributed by atoms with E-state index in [1.807, 2.05) is 11.7 Å². The smallest absolute Gasteiger partial charge is 0.0794 e. The molecule has 1 heterocycles. The van der Waals surface area contributed by atoms with Crippen molar-refractivity contribution in [3.8, 4) is 0 Å². The Morgan fingerprint density at radius 2 is 2.19 bits per heavy atom. The Labute approximate surface area is 103 Å². The average molecular weight is 240 g/mol. The zero-order valence-corrected chi connectivity index (χ0v) is 11.5. The van der Waals surface area contributed by atoms with Crippen LogP contribution < -0.4 is 5.32 Å². The monoisotopic (exact) mass is 240 g/mol. The van der Waals surface area contributed by atoms with Crippen molar-refractivity contribution in [2.45, 2.75) is 52.5 Å². The van der Waals surface area contributed by atoms with Gasteiger partial charge in [0.2, 0.25) is 0 Å². The van der Waals surface area contributed by atoms with Gasteiger partial charge in [-0.1, -0.05) is 33.6 Å². The molecule has 1 N–H and O–H groups in total. The van der Waals surface area contributed by atoms with E-state index in [0.29, 0.717) is 6.04 Å². The minimum Gasteiger partial charge on any atom is -0.309 e. The van der Waals surface area contributed by atoms with Crippen LogP contribution in [0.1, 0.15) is 57.4 Å². The van der Waals surface area contributed by atoms with Crippen molar-refractivity contribution in [1.82, 2.24) is 10.3 Å². The summed E-state index contributed by atoms with van der Waals surface area (Å²) in [6.45, 7) is 7.93. The molecule has 2 unspecified atom stereocenters. The van der Waals surface area contributed by atoms with Crippen LogP contribution in [0, 0.1) is 5.92 Å². The van der Waals surface area contributed by atoms with E-state index in [4.69, 9.17) is 0 Å². The molecule has 0 saturated heterocycles. The molecule has 16 heavy (non-hydrogen) atoms. The summed E-state index contributed by atoms with van der Waals surface area (Å²) in [6.07, 6.45) is 7.04. The van der Waals surface area contributed by atoms with Crippen LogP contribution in [0.5, 0.6) is 0 Å². The molecule has 2 nitrogen and oxygen atoms in total. The highest BCUT2D eigenvalue weighted by molar-refractivity contribution is 7.09. The number of hydrogen-bond donors (Lipinski definition) is 1. The highest BCUT2D eigenvalue weighted by Crippen LogP contribution is 2.26. The van der Waals surface area contributed by atoms with E-state index in [1.54, 1.807) is 11.3 Å². The molecule has 0 fully saturated rings. The first-order valence-corrected chi connectivity index (χ1v) is 7.27. The number of rotatable bonds is 8. The molecule has 0 aliphatic rings. The van der Waals surface area contributed by atoms with Crippen molar-refractivity contribution in [3.63, 3.8) is 0 Å². The SMILES string of the molecule is CCCNC(CC(C)CCC)c1cncs1. The summed E-state index contributed by atoms with van der Waals surface area (Å²) in [5.74, 6) is 0.793. The summed E-state index contributed by atoms with van der Waals surface area (Å²) < 4.78 is 0. The molecule has 0 amide bonds. The average Bonchev–Trinajstić information content (AvgIpc) is 2.77. The molecular weight excluding hydrogens is 216 g/mol. The van der Waals surface area contributed by atoms with Gasteiger partial charge in [-0.2, -0.15) is 0 Å². The molecule has 0 aliphatic carbocycles. The lowest BCUT2D eigenvalue weighted by Gasteiger charge is -2.20. The van der Waals surface area contributed by atoms with Crippen molar-refractivity contribution >= 4 is 11.3 Å². The molecule has 1 aromatic heterocycles. The van der Waals surface area contributed by atoms with Gasteiger partial charge >= 0.3 is 0 Å². The van der Waals surface area contributed by atoms with Crippen molar-refractivity contribution in [1.29, 1.82) is 0 Å². The van der Waals surface area contributed by atoms with E-state index in [-0.39, 0.29) is 0 Å². The van der Waals surface area contributed by atoms with Gasteiger partial charge in [-0.3, -0.25) is 4.98 Å². The minimum absolute atomic E-state index is 0.508. The summed E-state index contributed by atoms with van der Waals surface area (Å²) in [4.78, 5) is 5.57. The fraction of sp³-hybridized carbons (Fsp3) is 0.769. The molecule has 1 aromatic rings. The molecule has 1 rings (SSSR count). The van der Waals surface area contributed by atoms with Gasteiger partial charge in [0.05, 0.1) is 5.51 Å². The van der Waals surface area contributed by atoms with Crippen LogP contribution in [0.2, 0.25) is 0 Å². The fourth-order valence-electron chi connectivity index (χ4n) is 2.03. The van der Waals surface area contributed by atoms with E-state index in [2.05, 4.69) is 31.1 Å². The Bertz CT molecular complexity index is 259. The Hall–Kier alpha value is -0.410. The van der Waals surface area contributed by atoms with Crippen LogP contribution in [0.15, 0.2) is 11.7 Å². The third-order valence-electron chi connectivity index (χ3n) is 2.86. The highest BCUT2D eigenvalue weighted by atomic mass is 32.1. The highest BCUT2D eigenvalue weighted by Gasteiger charge is 2.15. The quantitative estimate of drug-likeness (QED) is 0.742. The van der Waals surface area contributed by atoms with Crippen molar-refractivity contribution < 1.29 is 0 Å². The molecule has 0 saturated carbocycles. The molecule has 3 heteroatoms. The van der Waals surface area contributed by atoms with Crippen LogP contribution in [-0.2, 0) is 0 Å². The van der Waals surface area contributed by atoms with Crippen LogP contribution in [0.25, 0.3) is 0 Å². The van der Waals surface area contributed by atoms with E-state index in [1.165, 1.54) is 30.6 Å². The topological polar surface area (TPSA) is 24.9 Å². The number of aromatic nitrogens is 1. The first-order chi connectivity index (χ1) is 7.77. The third-order valence-corrected chi connectivity index (χ3v) is 3.74. The fourth-order valence-corrected chi connectivity index (χ4v) is 2.74. The van der Waals surface area contributed by atoms with Gasteiger partial charge in [-0.05, 0) is 25.3 Å². The molecule has 0 aliphatic heterocycles. The zero-order valence-electron chi connectivity index (χ0n) is 10.7. The van der Waals surface area contributed by atoms with Gasteiger partial charge in [0.25, 0.3) is 0 Å². The zero-order chi connectivity index (χ0) is 11.8. The summed E-state index contributed by atoms with van der Waals surface area (Å²) in [5.41, 5.74) is 1.93. The van der Waals surface area contributed by atoms with Gasteiger partial charge in [0.1, 0.15) is 0 Å². The Morgan fingerprint density at radius 1 is 1.38 bits per heavy atom. The Balaban J connectivity index is 2.50. The largest absolute Gasteiger partial charge is 0.309 e. The lowest BCUT2D eigenvalue weighted by molar-refractivity contribution is 0.393. The van der Waals surface area contributed by atoms with Crippen LogP contribution >= 0.6 is 11.3 Å². The molecule has 0 radical (unpaired) electrons. The molecule has 0 spiro atoms. The standard InChI is InChI=1S/C13H24N2S/c1-4-6-11(3)8-12(15-7-5-2)13-9-14-10-16-13/h9-12,15H,4-8H2,1-3H3. The van der Waals surface area contributed by atoms with E-state index in [0.717, 1.165) is 12.5 Å². The minimum atomic E-state index is 0.508. The molecule has 2 atom stereocenters. The molecule has 0 aromatic carbocycles. The second kappa shape index (κ2) is 7.80. The van der Waals surface area contributed by atoms with Gasteiger partial charge < -0.3 is 5.32 Å². The Kier molecular flexibility index (Phi) is 6.65. The second-order valence-electron chi connectivity index (χ2n) is 4.54. The first-order valence-electron chi connectivity index (χ1n) is 6.39. The lowest BCUT2D eigenvalue weighted by Crippen LogP contribution is -2.23. The summed E-state index contributed by atoms with van der Waals surface area (Å²) in [5, 5.41) is 3.63. The van der Waals surface area contributed by atoms with Gasteiger partial charge in [-0.15, -0.1) is 11.3 Å². The van der Waals surface area contributed by atoms with Crippen molar-refractivity contribution in [2.24, 2.45) is 5.92 Å². The van der Waals surface area contributed by atoms with Gasteiger partial charge in [-0.25, -0.2) is 0 Å². The van der Waals surface area contributed by atoms with Crippen LogP contribution in [-0.4, -0.2) is 11.5 Å². The maximum atomic E-state index is 4.18. The molecular formula is C13H24N2S. The molecule has 0 bridgehead atoms. The summed E-state index contributed by atoms with van der Waals surface area (Å²) in [7, 11) is 0. The summed E-state index contributed by atoms with van der Waals surface area (Å²) in [6, 6.07) is 0.508. The number of thiazole rings is 1. The second-order valence-corrected chi connectivity index (χ2v) is 5.46. The predicted molar refractivity (Wildman–Crippen MR) is 71.8 cm³/mol. The van der Waals surface area contributed by atoms with E-state index < -0.39 is 0 Å². The normalized spacial score (nSPS) is 14.9. The van der Waals surface area contributed by atoms with Crippen molar-refractivity contribution in [2.75, 3.05) is 6.54 Å². The summed E-state index contributed by atoms with van der Waals surface area (Å²) >= 11 is 1.77. The first kappa shape index (κ1) is 13.7. The maximum Gasteiger partial charge on any atom is 0.0794 e. The van der Waals surface area contributed by atoms with E-state index in [9.17, 15) is 0 Å². The van der Waals surface area contributed by atoms with Gasteiger partial charge in [0.15, 0.2) is 0 Å². The predicted octanol–water partition coefficient (Wildman–Crippen LogP) is 4.01. The van der Waals surface area contributed by atoms with Crippen LogP contribution in [0.4, 0.5) is 0 Å². The molecule has 92 valence electrons. The number of nitrogens with zero attached hydrogens (tertiary/aromatic N) is 1. The van der Waals surface area contributed by atoms with E-state index >= 15 is 0 Å².